The van der Waals surface area contributed by atoms with E-state index in [9.17, 15) is 14.0 Å². The standard InChI is InChI=1S/C21H20ClFN2O3/c1-14-7-8-16(23)17(18(14)22)19(26)24-9-10-25-20(27)28-13-21(25,12-24)11-15-5-3-2-4-6-15/h2-8H,9-13H2,1H3. The van der Waals surface area contributed by atoms with Crippen LogP contribution in [0.1, 0.15) is 21.5 Å². The summed E-state index contributed by atoms with van der Waals surface area (Å²) in [5.74, 6) is -1.10. The average Bonchev–Trinajstić information content (AvgIpc) is 3.01. The number of nitrogens with zero attached hydrogens (tertiary/aromatic N) is 2. The van der Waals surface area contributed by atoms with E-state index < -0.39 is 17.3 Å². The lowest BCUT2D eigenvalue weighted by atomic mass is 9.88. The smallest absolute Gasteiger partial charge is 0.410 e. The molecule has 28 heavy (non-hydrogen) atoms. The third-order valence-corrected chi connectivity index (χ3v) is 5.98. The molecule has 1 atom stereocenters. The van der Waals surface area contributed by atoms with Crippen molar-refractivity contribution in [3.05, 3.63) is 70.0 Å². The fourth-order valence-corrected chi connectivity index (χ4v) is 4.26. The number of hydrogen-bond donors (Lipinski definition) is 0. The van der Waals surface area contributed by atoms with Gasteiger partial charge in [0.2, 0.25) is 0 Å². The van der Waals surface area contributed by atoms with Crippen LogP contribution in [0.5, 0.6) is 0 Å². The predicted molar refractivity (Wildman–Crippen MR) is 103 cm³/mol. The van der Waals surface area contributed by atoms with Crippen molar-refractivity contribution in [1.29, 1.82) is 0 Å². The lowest BCUT2D eigenvalue weighted by Crippen LogP contribution is -2.63. The molecule has 5 nitrogen and oxygen atoms in total. The van der Waals surface area contributed by atoms with E-state index in [2.05, 4.69) is 0 Å². The van der Waals surface area contributed by atoms with Gasteiger partial charge in [0, 0.05) is 26.1 Å². The van der Waals surface area contributed by atoms with Crippen LogP contribution in [0.25, 0.3) is 0 Å². The molecule has 0 saturated carbocycles. The largest absolute Gasteiger partial charge is 0.447 e. The van der Waals surface area contributed by atoms with Crippen molar-refractivity contribution >= 4 is 23.6 Å². The Morgan fingerprint density at radius 1 is 1.21 bits per heavy atom. The van der Waals surface area contributed by atoms with Gasteiger partial charge in [0.25, 0.3) is 5.91 Å². The molecule has 0 N–H and O–H groups in total. The lowest BCUT2D eigenvalue weighted by Gasteiger charge is -2.44. The Bertz CT molecular complexity index is 937. The van der Waals surface area contributed by atoms with Crippen LogP contribution in [-0.4, -0.2) is 53.6 Å². The first-order chi connectivity index (χ1) is 13.4. The fourth-order valence-electron chi connectivity index (χ4n) is 4.02. The predicted octanol–water partition coefficient (Wildman–Crippen LogP) is 3.68. The Labute approximate surface area is 167 Å². The van der Waals surface area contributed by atoms with Gasteiger partial charge in [0.15, 0.2) is 0 Å². The molecule has 2 heterocycles. The zero-order valence-electron chi connectivity index (χ0n) is 15.5. The van der Waals surface area contributed by atoms with Crippen molar-refractivity contribution in [3.63, 3.8) is 0 Å². The van der Waals surface area contributed by atoms with Gasteiger partial charge in [-0.1, -0.05) is 48.0 Å². The van der Waals surface area contributed by atoms with Crippen LogP contribution in [0.2, 0.25) is 5.02 Å². The summed E-state index contributed by atoms with van der Waals surface area (Å²) in [6.45, 7) is 2.82. The minimum absolute atomic E-state index is 0.116. The number of carbonyl (C=O) groups excluding carboxylic acids is 2. The number of halogens is 2. The molecule has 0 aromatic heterocycles. The zero-order valence-corrected chi connectivity index (χ0v) is 16.2. The molecule has 2 aliphatic rings. The third kappa shape index (κ3) is 3.11. The van der Waals surface area contributed by atoms with E-state index in [0.29, 0.717) is 25.1 Å². The minimum atomic E-state index is -0.668. The normalized spacial score (nSPS) is 21.5. The number of carbonyl (C=O) groups is 2. The van der Waals surface area contributed by atoms with Crippen molar-refractivity contribution in [2.45, 2.75) is 18.9 Å². The van der Waals surface area contributed by atoms with Crippen molar-refractivity contribution in [3.8, 4) is 0 Å². The molecular formula is C21H20ClFN2O3. The van der Waals surface area contributed by atoms with E-state index in [0.717, 1.165) is 5.56 Å². The summed E-state index contributed by atoms with van der Waals surface area (Å²) in [6.07, 6.45) is 0.177. The van der Waals surface area contributed by atoms with E-state index in [-0.39, 0.29) is 29.8 Å². The third-order valence-electron chi connectivity index (χ3n) is 5.50. The number of piperazine rings is 1. The Kier molecular flexibility index (Phi) is 4.75. The van der Waals surface area contributed by atoms with Gasteiger partial charge in [-0.25, -0.2) is 9.18 Å². The Balaban J connectivity index is 1.65. The van der Waals surface area contributed by atoms with Crippen LogP contribution in [0.3, 0.4) is 0 Å². The van der Waals surface area contributed by atoms with Gasteiger partial charge in [-0.3, -0.25) is 9.69 Å². The SMILES string of the molecule is Cc1ccc(F)c(C(=O)N2CCN3C(=O)OCC3(Cc3ccccc3)C2)c1Cl. The maximum absolute atomic E-state index is 14.4. The van der Waals surface area contributed by atoms with Gasteiger partial charge in [-0.05, 0) is 24.1 Å². The highest BCUT2D eigenvalue weighted by atomic mass is 35.5. The van der Waals surface area contributed by atoms with Crippen molar-refractivity contribution < 1.29 is 18.7 Å². The summed E-state index contributed by atoms with van der Waals surface area (Å²) in [5, 5.41) is 0.128. The summed E-state index contributed by atoms with van der Waals surface area (Å²) in [4.78, 5) is 28.6. The van der Waals surface area contributed by atoms with E-state index in [1.54, 1.807) is 22.8 Å². The second-order valence-electron chi connectivity index (χ2n) is 7.37. The second-order valence-corrected chi connectivity index (χ2v) is 7.75. The quantitative estimate of drug-likeness (QED) is 0.787. The maximum atomic E-state index is 14.4. The molecule has 2 saturated heterocycles. The number of benzene rings is 2. The molecule has 0 aliphatic carbocycles. The van der Waals surface area contributed by atoms with Gasteiger partial charge >= 0.3 is 6.09 Å². The fraction of sp³-hybridized carbons (Fsp3) is 0.333. The number of fused-ring (bicyclic) bond motifs is 1. The van der Waals surface area contributed by atoms with Gasteiger partial charge < -0.3 is 9.64 Å². The van der Waals surface area contributed by atoms with Crippen LogP contribution >= 0.6 is 11.6 Å². The van der Waals surface area contributed by atoms with Crippen LogP contribution in [0.15, 0.2) is 42.5 Å². The van der Waals surface area contributed by atoms with Crippen molar-refractivity contribution in [1.82, 2.24) is 9.80 Å². The number of aryl methyl sites for hydroxylation is 1. The first-order valence-corrected chi connectivity index (χ1v) is 9.51. The maximum Gasteiger partial charge on any atom is 0.410 e. The van der Waals surface area contributed by atoms with E-state index in [1.165, 1.54) is 6.07 Å². The van der Waals surface area contributed by atoms with Crippen molar-refractivity contribution in [2.75, 3.05) is 26.2 Å². The lowest BCUT2D eigenvalue weighted by molar-refractivity contribution is 0.0372. The summed E-state index contributed by atoms with van der Waals surface area (Å²) in [6, 6.07) is 12.6. The monoisotopic (exact) mass is 402 g/mol. The van der Waals surface area contributed by atoms with Crippen LogP contribution in [-0.2, 0) is 11.2 Å². The topological polar surface area (TPSA) is 49.9 Å². The molecule has 146 valence electrons. The number of amides is 2. The molecule has 7 heteroatoms. The van der Waals surface area contributed by atoms with E-state index in [4.69, 9.17) is 16.3 Å². The molecule has 0 bridgehead atoms. The van der Waals surface area contributed by atoms with Gasteiger partial charge in [0.1, 0.15) is 18.0 Å². The first kappa shape index (κ1) is 18.7. The summed E-state index contributed by atoms with van der Waals surface area (Å²) in [5.41, 5.74) is 0.901. The highest BCUT2D eigenvalue weighted by Crippen LogP contribution is 2.34. The van der Waals surface area contributed by atoms with Gasteiger partial charge in [-0.2, -0.15) is 0 Å². The molecule has 2 amide bonds. The number of rotatable bonds is 3. The molecule has 4 rings (SSSR count). The Morgan fingerprint density at radius 2 is 1.96 bits per heavy atom. The molecule has 2 aliphatic heterocycles. The summed E-state index contributed by atoms with van der Waals surface area (Å²) in [7, 11) is 0. The van der Waals surface area contributed by atoms with Crippen LogP contribution in [0.4, 0.5) is 9.18 Å². The van der Waals surface area contributed by atoms with Crippen molar-refractivity contribution in [2.24, 2.45) is 0 Å². The molecule has 1 unspecified atom stereocenters. The average molecular weight is 403 g/mol. The molecule has 0 spiro atoms. The number of hydrogen-bond acceptors (Lipinski definition) is 3. The molecular weight excluding hydrogens is 383 g/mol. The number of cyclic esters (lactones) is 1. The van der Waals surface area contributed by atoms with Gasteiger partial charge in [-0.15, -0.1) is 0 Å². The summed E-state index contributed by atoms with van der Waals surface area (Å²) >= 11 is 6.23. The van der Waals surface area contributed by atoms with Gasteiger partial charge in [0.05, 0.1) is 10.6 Å². The highest BCUT2D eigenvalue weighted by Gasteiger charge is 2.51. The Morgan fingerprint density at radius 3 is 2.71 bits per heavy atom. The second kappa shape index (κ2) is 7.09. The molecule has 2 aromatic carbocycles. The zero-order chi connectivity index (χ0) is 19.9. The first-order valence-electron chi connectivity index (χ1n) is 9.13. The molecule has 2 aromatic rings. The minimum Gasteiger partial charge on any atom is -0.447 e. The number of ether oxygens (including phenoxy) is 1. The van der Waals surface area contributed by atoms with E-state index >= 15 is 0 Å². The van der Waals surface area contributed by atoms with E-state index in [1.807, 2.05) is 30.3 Å². The molecule has 0 radical (unpaired) electrons. The highest BCUT2D eigenvalue weighted by molar-refractivity contribution is 6.34. The summed E-state index contributed by atoms with van der Waals surface area (Å²) < 4.78 is 19.7. The Hall–Kier alpha value is -2.60. The van der Waals surface area contributed by atoms with Crippen LogP contribution < -0.4 is 0 Å². The molecule has 2 fully saturated rings. The van der Waals surface area contributed by atoms with Crippen LogP contribution in [0, 0.1) is 12.7 Å².